The van der Waals surface area contributed by atoms with Gasteiger partial charge in [0.15, 0.2) is 5.78 Å². The molecule has 0 amide bonds. The molecule has 1 nitrogen and oxygen atoms in total. The van der Waals surface area contributed by atoms with Gasteiger partial charge in [-0.15, -0.1) is 6.58 Å². The highest BCUT2D eigenvalue weighted by atomic mass is 16.1. The molecule has 0 aromatic heterocycles. The van der Waals surface area contributed by atoms with E-state index in [1.165, 1.54) is 0 Å². The minimum atomic E-state index is -0.226. The van der Waals surface area contributed by atoms with Crippen LogP contribution >= 0.6 is 0 Å². The molecule has 2 atom stereocenters. The van der Waals surface area contributed by atoms with Gasteiger partial charge < -0.3 is 0 Å². The molecule has 0 spiro atoms. The van der Waals surface area contributed by atoms with Crippen molar-refractivity contribution in [3.8, 4) is 0 Å². The second kappa shape index (κ2) is 3.49. The Morgan fingerprint density at radius 3 is 2.77 bits per heavy atom. The maximum atomic E-state index is 11.7. The molecule has 72 valence electrons. The van der Waals surface area contributed by atoms with Crippen LogP contribution in [0.5, 0.6) is 0 Å². The van der Waals surface area contributed by atoms with Gasteiger partial charge in [0.05, 0.1) is 0 Å². The SMILES string of the molecule is C=CC[C@]1(C)C(=O)C=C[C@H]1C(C)C. The van der Waals surface area contributed by atoms with Crippen LogP contribution < -0.4 is 0 Å². The molecule has 0 heterocycles. The Labute approximate surface area is 80.5 Å². The number of rotatable bonds is 3. The van der Waals surface area contributed by atoms with Crippen LogP contribution in [-0.2, 0) is 4.79 Å². The first kappa shape index (κ1) is 10.2. The normalized spacial score (nSPS) is 32.9. The fourth-order valence-corrected chi connectivity index (χ4v) is 2.25. The summed E-state index contributed by atoms with van der Waals surface area (Å²) in [5.41, 5.74) is -0.226. The molecule has 0 aromatic carbocycles. The van der Waals surface area contributed by atoms with E-state index in [1.54, 1.807) is 6.08 Å². The monoisotopic (exact) mass is 178 g/mol. The standard InChI is InChI=1S/C12H18O/c1-5-8-12(4)10(9(2)3)6-7-11(12)13/h5-7,9-10H,1,8H2,2-4H3/t10-,12-/m0/s1. The van der Waals surface area contributed by atoms with E-state index in [0.717, 1.165) is 6.42 Å². The van der Waals surface area contributed by atoms with E-state index in [9.17, 15) is 4.79 Å². The van der Waals surface area contributed by atoms with Gasteiger partial charge in [-0.05, 0) is 24.3 Å². The quantitative estimate of drug-likeness (QED) is 0.607. The summed E-state index contributed by atoms with van der Waals surface area (Å²) in [6, 6.07) is 0. The van der Waals surface area contributed by atoms with Crippen molar-refractivity contribution in [2.75, 3.05) is 0 Å². The molecule has 1 aliphatic rings. The Hall–Kier alpha value is -0.850. The first-order valence-corrected chi connectivity index (χ1v) is 4.86. The average Bonchev–Trinajstić information content (AvgIpc) is 2.29. The van der Waals surface area contributed by atoms with E-state index < -0.39 is 0 Å². The van der Waals surface area contributed by atoms with Crippen molar-refractivity contribution in [1.82, 2.24) is 0 Å². The van der Waals surface area contributed by atoms with Crippen molar-refractivity contribution in [1.29, 1.82) is 0 Å². The fourth-order valence-electron chi connectivity index (χ4n) is 2.25. The van der Waals surface area contributed by atoms with Crippen LogP contribution in [0.3, 0.4) is 0 Å². The van der Waals surface area contributed by atoms with Crippen LogP contribution in [-0.4, -0.2) is 5.78 Å². The molecule has 13 heavy (non-hydrogen) atoms. The highest BCUT2D eigenvalue weighted by Gasteiger charge is 2.42. The number of hydrogen-bond acceptors (Lipinski definition) is 1. The maximum absolute atomic E-state index is 11.7. The Morgan fingerprint density at radius 2 is 2.31 bits per heavy atom. The Morgan fingerprint density at radius 1 is 1.69 bits per heavy atom. The highest BCUT2D eigenvalue weighted by molar-refractivity contribution is 5.97. The highest BCUT2D eigenvalue weighted by Crippen LogP contribution is 2.42. The molecule has 0 unspecified atom stereocenters. The second-order valence-electron chi connectivity index (χ2n) is 4.40. The minimum Gasteiger partial charge on any atom is -0.294 e. The van der Waals surface area contributed by atoms with E-state index in [4.69, 9.17) is 0 Å². The minimum absolute atomic E-state index is 0.226. The predicted molar refractivity (Wildman–Crippen MR) is 55.4 cm³/mol. The first-order valence-electron chi connectivity index (χ1n) is 4.86. The largest absolute Gasteiger partial charge is 0.294 e. The van der Waals surface area contributed by atoms with Crippen LogP contribution in [0, 0.1) is 17.3 Å². The summed E-state index contributed by atoms with van der Waals surface area (Å²) in [4.78, 5) is 11.7. The number of carbonyl (C=O) groups is 1. The van der Waals surface area contributed by atoms with Crippen LogP contribution in [0.1, 0.15) is 27.2 Å². The van der Waals surface area contributed by atoms with Crippen molar-refractivity contribution in [3.63, 3.8) is 0 Å². The molecule has 1 aliphatic carbocycles. The molecular formula is C12H18O. The molecule has 0 bridgehead atoms. The maximum Gasteiger partial charge on any atom is 0.162 e. The number of carbonyl (C=O) groups excluding carboxylic acids is 1. The molecule has 1 rings (SSSR count). The van der Waals surface area contributed by atoms with Crippen LogP contribution in [0.15, 0.2) is 24.8 Å². The molecule has 0 fully saturated rings. The number of allylic oxidation sites excluding steroid dienone is 3. The lowest BCUT2D eigenvalue weighted by atomic mass is 9.71. The van der Waals surface area contributed by atoms with Crippen molar-refractivity contribution in [2.45, 2.75) is 27.2 Å². The molecule has 0 radical (unpaired) electrons. The topological polar surface area (TPSA) is 17.1 Å². The van der Waals surface area contributed by atoms with Gasteiger partial charge in [-0.3, -0.25) is 4.79 Å². The summed E-state index contributed by atoms with van der Waals surface area (Å²) in [7, 11) is 0. The number of hydrogen-bond donors (Lipinski definition) is 0. The first-order chi connectivity index (χ1) is 6.02. The van der Waals surface area contributed by atoms with Gasteiger partial charge in [0.1, 0.15) is 0 Å². The lowest BCUT2D eigenvalue weighted by Gasteiger charge is -2.31. The summed E-state index contributed by atoms with van der Waals surface area (Å²) < 4.78 is 0. The lowest BCUT2D eigenvalue weighted by Crippen LogP contribution is -2.32. The van der Waals surface area contributed by atoms with E-state index in [-0.39, 0.29) is 11.2 Å². The molecular weight excluding hydrogens is 160 g/mol. The Kier molecular flexibility index (Phi) is 2.74. The van der Waals surface area contributed by atoms with Gasteiger partial charge in [-0.1, -0.05) is 32.9 Å². The fraction of sp³-hybridized carbons (Fsp3) is 0.583. The van der Waals surface area contributed by atoms with Crippen LogP contribution in [0.4, 0.5) is 0 Å². The average molecular weight is 178 g/mol. The zero-order valence-electron chi connectivity index (χ0n) is 8.71. The lowest BCUT2D eigenvalue weighted by molar-refractivity contribution is -0.124. The van der Waals surface area contributed by atoms with E-state index in [2.05, 4.69) is 26.5 Å². The zero-order chi connectivity index (χ0) is 10.1. The number of ketones is 1. The summed E-state index contributed by atoms with van der Waals surface area (Å²) >= 11 is 0. The molecule has 0 saturated heterocycles. The Bertz CT molecular complexity index is 250. The van der Waals surface area contributed by atoms with Crippen molar-refractivity contribution in [2.24, 2.45) is 17.3 Å². The van der Waals surface area contributed by atoms with Gasteiger partial charge in [-0.25, -0.2) is 0 Å². The van der Waals surface area contributed by atoms with Gasteiger partial charge in [0.2, 0.25) is 0 Å². The van der Waals surface area contributed by atoms with E-state index in [1.807, 2.05) is 13.0 Å². The summed E-state index contributed by atoms with van der Waals surface area (Å²) in [6.45, 7) is 10.1. The second-order valence-corrected chi connectivity index (χ2v) is 4.40. The van der Waals surface area contributed by atoms with Crippen molar-refractivity contribution in [3.05, 3.63) is 24.8 Å². The molecule has 0 aromatic rings. The van der Waals surface area contributed by atoms with Gasteiger partial charge in [0, 0.05) is 5.41 Å². The predicted octanol–water partition coefficient (Wildman–Crippen LogP) is 2.98. The molecule has 0 saturated carbocycles. The molecule has 0 N–H and O–H groups in total. The third-order valence-electron chi connectivity index (χ3n) is 3.04. The zero-order valence-corrected chi connectivity index (χ0v) is 8.71. The van der Waals surface area contributed by atoms with Gasteiger partial charge in [0.25, 0.3) is 0 Å². The van der Waals surface area contributed by atoms with Gasteiger partial charge in [-0.2, -0.15) is 0 Å². The third-order valence-corrected chi connectivity index (χ3v) is 3.04. The third kappa shape index (κ3) is 1.60. The van der Waals surface area contributed by atoms with E-state index in [0.29, 0.717) is 11.8 Å². The van der Waals surface area contributed by atoms with Crippen molar-refractivity contribution >= 4 is 5.78 Å². The van der Waals surface area contributed by atoms with Crippen LogP contribution in [0.25, 0.3) is 0 Å². The summed E-state index contributed by atoms with van der Waals surface area (Å²) in [5, 5.41) is 0. The Balaban J connectivity index is 2.92. The van der Waals surface area contributed by atoms with Gasteiger partial charge >= 0.3 is 0 Å². The van der Waals surface area contributed by atoms with Crippen molar-refractivity contribution < 1.29 is 4.79 Å². The summed E-state index contributed by atoms with van der Waals surface area (Å²) in [5.74, 6) is 1.15. The van der Waals surface area contributed by atoms with E-state index >= 15 is 0 Å². The summed E-state index contributed by atoms with van der Waals surface area (Å²) in [6.07, 6.45) is 6.41. The van der Waals surface area contributed by atoms with Crippen LogP contribution in [0.2, 0.25) is 0 Å². The molecule has 0 aliphatic heterocycles. The molecule has 1 heteroatoms. The smallest absolute Gasteiger partial charge is 0.162 e.